The van der Waals surface area contributed by atoms with Gasteiger partial charge in [0.05, 0.1) is 10.8 Å². The van der Waals surface area contributed by atoms with Gasteiger partial charge in [-0.1, -0.05) is 18.6 Å². The smallest absolute Gasteiger partial charge is 0.242 e. The Labute approximate surface area is 218 Å². The number of likely N-dealkylation sites (tertiary alicyclic amines) is 1. The van der Waals surface area contributed by atoms with Gasteiger partial charge < -0.3 is 25.0 Å². The summed E-state index contributed by atoms with van der Waals surface area (Å²) < 4.78 is 24.9. The SMILES string of the molecule is C[C@@H]1NC(=O)C2(CCCCOCCCNC1=O)CCN(C(=O)C1(c3ccc(F)cc3)CCOCC1)CC2. The standard InChI is InChI=1S/C28H40FN3O5/c1-21-24(33)30-14-4-18-36-17-3-2-9-27(25(34)31-21)10-15-32(16-11-27)26(35)28(12-19-37-20-13-28)22-5-7-23(29)8-6-22/h5-8,21H,2-4,9-20H2,1H3,(H,30,33)(H,31,34)/t21-/m0/s1. The van der Waals surface area contributed by atoms with Crippen LogP contribution in [-0.4, -0.2) is 74.7 Å². The molecule has 3 saturated heterocycles. The first kappa shape index (κ1) is 27.5. The Morgan fingerprint density at radius 3 is 2.27 bits per heavy atom. The van der Waals surface area contributed by atoms with E-state index in [9.17, 15) is 18.8 Å². The molecule has 0 saturated carbocycles. The maximum Gasteiger partial charge on any atom is 0.242 e. The molecule has 0 unspecified atom stereocenters. The second kappa shape index (κ2) is 12.3. The molecule has 4 rings (SSSR count). The molecule has 1 spiro atoms. The van der Waals surface area contributed by atoms with Crippen molar-refractivity contribution in [3.05, 3.63) is 35.6 Å². The topological polar surface area (TPSA) is 97.0 Å². The molecule has 0 radical (unpaired) electrons. The number of benzene rings is 1. The Bertz CT molecular complexity index is 940. The number of amides is 3. The van der Waals surface area contributed by atoms with Gasteiger partial charge in [-0.05, 0) is 69.6 Å². The van der Waals surface area contributed by atoms with Crippen molar-refractivity contribution < 1.29 is 28.2 Å². The zero-order valence-corrected chi connectivity index (χ0v) is 21.9. The summed E-state index contributed by atoms with van der Waals surface area (Å²) in [5.41, 5.74) is -0.557. The van der Waals surface area contributed by atoms with Crippen LogP contribution in [0.15, 0.2) is 24.3 Å². The minimum atomic E-state index is -0.744. The van der Waals surface area contributed by atoms with Crippen molar-refractivity contribution in [1.29, 1.82) is 0 Å². The van der Waals surface area contributed by atoms with Gasteiger partial charge in [-0.2, -0.15) is 0 Å². The third-order valence-corrected chi connectivity index (χ3v) is 8.34. The molecule has 1 aromatic rings. The summed E-state index contributed by atoms with van der Waals surface area (Å²) in [7, 11) is 0. The van der Waals surface area contributed by atoms with Gasteiger partial charge in [-0.3, -0.25) is 14.4 Å². The molecule has 1 atom stereocenters. The summed E-state index contributed by atoms with van der Waals surface area (Å²) in [5, 5.41) is 5.81. The van der Waals surface area contributed by atoms with Crippen LogP contribution >= 0.6 is 0 Å². The number of nitrogens with one attached hydrogen (secondary N) is 2. The highest BCUT2D eigenvalue weighted by Crippen LogP contribution is 2.41. The highest BCUT2D eigenvalue weighted by Gasteiger charge is 2.48. The molecule has 0 bridgehead atoms. The van der Waals surface area contributed by atoms with E-state index in [0.29, 0.717) is 78.2 Å². The quantitative estimate of drug-likeness (QED) is 0.629. The normalized spacial score (nSPS) is 25.6. The number of hydrogen-bond acceptors (Lipinski definition) is 5. The van der Waals surface area contributed by atoms with Gasteiger partial charge in [-0.15, -0.1) is 0 Å². The second-order valence-corrected chi connectivity index (χ2v) is 10.7. The number of nitrogens with zero attached hydrogens (tertiary/aromatic N) is 1. The van der Waals surface area contributed by atoms with E-state index in [1.54, 1.807) is 19.1 Å². The monoisotopic (exact) mass is 517 g/mol. The minimum Gasteiger partial charge on any atom is -0.381 e. The van der Waals surface area contributed by atoms with Crippen LogP contribution in [0.3, 0.4) is 0 Å². The molecule has 3 aliphatic rings. The molecule has 1 aromatic carbocycles. The third-order valence-electron chi connectivity index (χ3n) is 8.34. The Morgan fingerprint density at radius 2 is 1.57 bits per heavy atom. The van der Waals surface area contributed by atoms with E-state index in [2.05, 4.69) is 10.6 Å². The van der Waals surface area contributed by atoms with E-state index in [-0.39, 0.29) is 23.5 Å². The van der Waals surface area contributed by atoms with Crippen molar-refractivity contribution in [2.45, 2.75) is 69.7 Å². The summed E-state index contributed by atoms with van der Waals surface area (Å²) in [6.45, 7) is 5.34. The van der Waals surface area contributed by atoms with Crippen LogP contribution in [-0.2, 0) is 29.3 Å². The van der Waals surface area contributed by atoms with E-state index in [1.165, 1.54) is 12.1 Å². The number of piperidine rings is 1. The van der Waals surface area contributed by atoms with Crippen LogP contribution in [0.25, 0.3) is 0 Å². The van der Waals surface area contributed by atoms with Crippen LogP contribution in [0.1, 0.15) is 63.9 Å². The lowest BCUT2D eigenvalue weighted by atomic mass is 9.70. The molecule has 204 valence electrons. The maximum absolute atomic E-state index is 14.0. The van der Waals surface area contributed by atoms with E-state index >= 15 is 0 Å². The highest BCUT2D eigenvalue weighted by molar-refractivity contribution is 5.91. The number of carbonyl (C=O) groups excluding carboxylic acids is 3. The molecule has 3 heterocycles. The van der Waals surface area contributed by atoms with E-state index in [0.717, 1.165) is 24.8 Å². The van der Waals surface area contributed by atoms with Crippen molar-refractivity contribution in [1.82, 2.24) is 15.5 Å². The molecule has 3 amide bonds. The molecular formula is C28H40FN3O5. The highest BCUT2D eigenvalue weighted by atomic mass is 19.1. The maximum atomic E-state index is 14.0. The zero-order valence-electron chi connectivity index (χ0n) is 21.9. The lowest BCUT2D eigenvalue weighted by molar-refractivity contribution is -0.148. The summed E-state index contributed by atoms with van der Waals surface area (Å²) in [6, 6.07) is 5.61. The second-order valence-electron chi connectivity index (χ2n) is 10.7. The molecule has 9 heteroatoms. The molecule has 0 aliphatic carbocycles. The Morgan fingerprint density at radius 1 is 0.919 bits per heavy atom. The average molecular weight is 518 g/mol. The van der Waals surface area contributed by atoms with Crippen molar-refractivity contribution in [2.24, 2.45) is 5.41 Å². The van der Waals surface area contributed by atoms with Crippen LogP contribution in [0, 0.1) is 11.2 Å². The first-order valence-corrected chi connectivity index (χ1v) is 13.7. The molecule has 2 N–H and O–H groups in total. The first-order chi connectivity index (χ1) is 17.9. The average Bonchev–Trinajstić information content (AvgIpc) is 2.92. The fraction of sp³-hybridized carbons (Fsp3) is 0.679. The van der Waals surface area contributed by atoms with Crippen molar-refractivity contribution in [3.63, 3.8) is 0 Å². The summed E-state index contributed by atoms with van der Waals surface area (Å²) in [6.07, 6.45) is 5.32. The summed E-state index contributed by atoms with van der Waals surface area (Å²) in [5.74, 6) is -0.611. The van der Waals surface area contributed by atoms with Crippen LogP contribution in [0.2, 0.25) is 0 Å². The van der Waals surface area contributed by atoms with Crippen LogP contribution in [0.4, 0.5) is 4.39 Å². The van der Waals surface area contributed by atoms with Crippen molar-refractivity contribution in [2.75, 3.05) is 46.1 Å². The van der Waals surface area contributed by atoms with E-state index < -0.39 is 16.9 Å². The van der Waals surface area contributed by atoms with E-state index in [4.69, 9.17) is 9.47 Å². The van der Waals surface area contributed by atoms with E-state index in [1.807, 2.05) is 4.90 Å². The molecule has 37 heavy (non-hydrogen) atoms. The fourth-order valence-electron chi connectivity index (χ4n) is 5.87. The van der Waals surface area contributed by atoms with Gasteiger partial charge in [0.15, 0.2) is 0 Å². The number of carbonyl (C=O) groups is 3. The number of halogens is 1. The lowest BCUT2D eigenvalue weighted by Gasteiger charge is -2.45. The van der Waals surface area contributed by atoms with Gasteiger partial charge in [0.25, 0.3) is 0 Å². The van der Waals surface area contributed by atoms with Crippen LogP contribution in [0.5, 0.6) is 0 Å². The van der Waals surface area contributed by atoms with Gasteiger partial charge in [-0.25, -0.2) is 4.39 Å². The Hall–Kier alpha value is -2.52. The molecule has 3 fully saturated rings. The minimum absolute atomic E-state index is 0.0275. The van der Waals surface area contributed by atoms with Gasteiger partial charge >= 0.3 is 0 Å². The van der Waals surface area contributed by atoms with Crippen molar-refractivity contribution in [3.8, 4) is 0 Å². The van der Waals surface area contributed by atoms with Crippen LogP contribution < -0.4 is 10.6 Å². The van der Waals surface area contributed by atoms with Gasteiger partial charge in [0.2, 0.25) is 17.7 Å². The molecule has 8 nitrogen and oxygen atoms in total. The Kier molecular flexibility index (Phi) is 9.18. The third kappa shape index (κ3) is 6.32. The predicted octanol–water partition coefficient (Wildman–Crippen LogP) is 2.69. The summed E-state index contributed by atoms with van der Waals surface area (Å²) >= 11 is 0. The van der Waals surface area contributed by atoms with Gasteiger partial charge in [0, 0.05) is 46.1 Å². The zero-order chi connectivity index (χ0) is 26.3. The molecule has 0 aromatic heterocycles. The summed E-state index contributed by atoms with van der Waals surface area (Å²) in [4.78, 5) is 41.9. The number of ether oxygens (including phenoxy) is 2. The largest absolute Gasteiger partial charge is 0.381 e. The molecule has 3 aliphatic heterocycles. The molecular weight excluding hydrogens is 477 g/mol. The fourth-order valence-corrected chi connectivity index (χ4v) is 5.87. The van der Waals surface area contributed by atoms with Gasteiger partial charge in [0.1, 0.15) is 11.9 Å². The predicted molar refractivity (Wildman–Crippen MR) is 136 cm³/mol. The Balaban J connectivity index is 1.49. The number of hydrogen-bond donors (Lipinski definition) is 2. The lowest BCUT2D eigenvalue weighted by Crippen LogP contribution is -2.57. The number of rotatable bonds is 2. The van der Waals surface area contributed by atoms with Crippen molar-refractivity contribution >= 4 is 17.7 Å². The first-order valence-electron chi connectivity index (χ1n) is 13.7.